The van der Waals surface area contributed by atoms with Gasteiger partial charge >= 0.3 is 0 Å². The highest BCUT2D eigenvalue weighted by Gasteiger charge is 2.21. The maximum atomic E-state index is 14.0. The number of anilines is 1. The number of benzene rings is 2. The Labute approximate surface area is 155 Å². The van der Waals surface area contributed by atoms with Gasteiger partial charge in [0.05, 0.1) is 5.02 Å². The second kappa shape index (κ2) is 7.05. The first-order valence-electron chi connectivity index (χ1n) is 7.69. The lowest BCUT2D eigenvalue weighted by atomic mass is 10.2. The van der Waals surface area contributed by atoms with Crippen LogP contribution in [0.5, 0.6) is 0 Å². The van der Waals surface area contributed by atoms with E-state index < -0.39 is 20.7 Å². The molecule has 0 aliphatic heterocycles. The van der Waals surface area contributed by atoms with E-state index in [1.54, 1.807) is 12.1 Å². The van der Waals surface area contributed by atoms with E-state index >= 15 is 0 Å². The molecule has 0 bridgehead atoms. The second-order valence-electron chi connectivity index (χ2n) is 5.85. The Morgan fingerprint density at radius 2 is 1.85 bits per heavy atom. The van der Waals surface area contributed by atoms with Crippen molar-refractivity contribution >= 4 is 27.3 Å². The van der Waals surface area contributed by atoms with Crippen molar-refractivity contribution in [3.63, 3.8) is 0 Å². The minimum absolute atomic E-state index is 0.131. The van der Waals surface area contributed by atoms with E-state index in [1.165, 1.54) is 24.3 Å². The van der Waals surface area contributed by atoms with Crippen LogP contribution in [0.25, 0.3) is 11.5 Å². The molecular weight excluding hydrogens is 381 g/mol. The van der Waals surface area contributed by atoms with Gasteiger partial charge in [-0.15, -0.1) is 0 Å². The Hall–Kier alpha value is -2.45. The molecule has 0 radical (unpaired) electrons. The molecule has 0 fully saturated rings. The standard InChI is InChI=1S/C17H15ClFN3O3S/c1-10(2)16-20-17(25-21-16)11-6-8-12(9-7-11)22-26(23,24)14-5-3-4-13(18)15(14)19/h3-10,22H,1-2H3. The van der Waals surface area contributed by atoms with Gasteiger partial charge in [0.15, 0.2) is 11.6 Å². The van der Waals surface area contributed by atoms with E-state index in [-0.39, 0.29) is 16.6 Å². The zero-order chi connectivity index (χ0) is 18.9. The number of nitrogens with zero attached hydrogens (tertiary/aromatic N) is 2. The van der Waals surface area contributed by atoms with Crippen LogP contribution in [0.15, 0.2) is 51.9 Å². The largest absolute Gasteiger partial charge is 0.334 e. The van der Waals surface area contributed by atoms with Crippen molar-refractivity contribution in [3.05, 3.63) is 59.1 Å². The van der Waals surface area contributed by atoms with E-state index in [1.807, 2.05) is 13.8 Å². The van der Waals surface area contributed by atoms with Crippen LogP contribution in [0.2, 0.25) is 5.02 Å². The van der Waals surface area contributed by atoms with E-state index in [4.69, 9.17) is 16.1 Å². The van der Waals surface area contributed by atoms with Crippen LogP contribution in [0.3, 0.4) is 0 Å². The van der Waals surface area contributed by atoms with Gasteiger partial charge in [0, 0.05) is 17.2 Å². The number of hydrogen-bond donors (Lipinski definition) is 1. The summed E-state index contributed by atoms with van der Waals surface area (Å²) >= 11 is 5.65. The van der Waals surface area contributed by atoms with Crippen molar-refractivity contribution < 1.29 is 17.3 Å². The molecule has 0 unspecified atom stereocenters. The monoisotopic (exact) mass is 395 g/mol. The van der Waals surface area contributed by atoms with Crippen molar-refractivity contribution in [1.29, 1.82) is 0 Å². The van der Waals surface area contributed by atoms with Gasteiger partial charge in [0.2, 0.25) is 0 Å². The van der Waals surface area contributed by atoms with Crippen LogP contribution in [0.1, 0.15) is 25.6 Å². The first-order chi connectivity index (χ1) is 12.3. The average Bonchev–Trinajstić information content (AvgIpc) is 3.08. The lowest BCUT2D eigenvalue weighted by Gasteiger charge is -2.09. The van der Waals surface area contributed by atoms with Crippen molar-refractivity contribution in [1.82, 2.24) is 10.1 Å². The summed E-state index contributed by atoms with van der Waals surface area (Å²) in [5.41, 5.74) is 0.901. The van der Waals surface area contributed by atoms with Gasteiger partial charge in [-0.05, 0) is 36.4 Å². The number of sulfonamides is 1. The summed E-state index contributed by atoms with van der Waals surface area (Å²) < 4.78 is 46.2. The molecule has 0 amide bonds. The molecule has 26 heavy (non-hydrogen) atoms. The highest BCUT2D eigenvalue weighted by atomic mass is 35.5. The quantitative estimate of drug-likeness (QED) is 0.689. The molecular formula is C17H15ClFN3O3S. The summed E-state index contributed by atoms with van der Waals surface area (Å²) in [7, 11) is -4.11. The minimum atomic E-state index is -4.11. The normalized spacial score (nSPS) is 11.7. The van der Waals surface area contributed by atoms with Crippen LogP contribution in [0.4, 0.5) is 10.1 Å². The van der Waals surface area contributed by atoms with Crippen LogP contribution in [-0.4, -0.2) is 18.6 Å². The van der Waals surface area contributed by atoms with Gasteiger partial charge in [-0.1, -0.05) is 36.7 Å². The Bertz CT molecular complexity index is 1030. The average molecular weight is 396 g/mol. The maximum absolute atomic E-state index is 14.0. The van der Waals surface area contributed by atoms with Gasteiger partial charge in [0.25, 0.3) is 15.9 Å². The number of halogens is 2. The molecule has 1 aromatic heterocycles. The molecule has 1 N–H and O–H groups in total. The summed E-state index contributed by atoms with van der Waals surface area (Å²) in [6.45, 7) is 3.89. The van der Waals surface area contributed by atoms with Crippen LogP contribution in [0, 0.1) is 5.82 Å². The van der Waals surface area contributed by atoms with Crippen molar-refractivity contribution in [2.24, 2.45) is 0 Å². The molecule has 1 heterocycles. The number of nitrogens with one attached hydrogen (secondary N) is 1. The zero-order valence-corrected chi connectivity index (χ0v) is 15.5. The van der Waals surface area contributed by atoms with Crippen molar-refractivity contribution in [2.45, 2.75) is 24.7 Å². The molecule has 0 aliphatic carbocycles. The van der Waals surface area contributed by atoms with Gasteiger partial charge < -0.3 is 4.52 Å². The molecule has 0 saturated carbocycles. The number of rotatable bonds is 5. The van der Waals surface area contributed by atoms with E-state index in [2.05, 4.69) is 14.9 Å². The molecule has 3 aromatic rings. The Balaban J connectivity index is 1.83. The van der Waals surface area contributed by atoms with E-state index in [9.17, 15) is 12.8 Å². The topological polar surface area (TPSA) is 85.1 Å². The molecule has 0 saturated heterocycles. The molecule has 136 valence electrons. The van der Waals surface area contributed by atoms with Crippen molar-refractivity contribution in [3.8, 4) is 11.5 Å². The first-order valence-corrected chi connectivity index (χ1v) is 9.55. The van der Waals surface area contributed by atoms with Crippen molar-refractivity contribution in [2.75, 3.05) is 4.72 Å². The smallest absolute Gasteiger partial charge is 0.264 e. The summed E-state index contributed by atoms with van der Waals surface area (Å²) in [6.07, 6.45) is 0. The molecule has 0 aliphatic rings. The third-order valence-corrected chi connectivity index (χ3v) is 5.24. The molecule has 0 atom stereocenters. The summed E-state index contributed by atoms with van der Waals surface area (Å²) in [5, 5.41) is 3.62. The third-order valence-electron chi connectivity index (χ3n) is 3.55. The molecule has 2 aromatic carbocycles. The van der Waals surface area contributed by atoms with E-state index in [0.29, 0.717) is 17.3 Å². The third kappa shape index (κ3) is 3.71. The lowest BCUT2D eigenvalue weighted by molar-refractivity contribution is 0.419. The van der Waals surface area contributed by atoms with Crippen LogP contribution in [-0.2, 0) is 10.0 Å². The second-order valence-corrected chi connectivity index (χ2v) is 7.91. The van der Waals surface area contributed by atoms with Gasteiger partial charge in [-0.25, -0.2) is 12.8 Å². The molecule has 6 nitrogen and oxygen atoms in total. The fourth-order valence-corrected chi connectivity index (χ4v) is 3.56. The summed E-state index contributed by atoms with van der Waals surface area (Å²) in [4.78, 5) is 3.75. The maximum Gasteiger partial charge on any atom is 0.264 e. The van der Waals surface area contributed by atoms with Gasteiger partial charge in [-0.3, -0.25) is 4.72 Å². The summed E-state index contributed by atoms with van der Waals surface area (Å²) in [5.74, 6) is 0.0572. The molecule has 3 rings (SSSR count). The predicted molar refractivity (Wildman–Crippen MR) is 96.0 cm³/mol. The van der Waals surface area contributed by atoms with E-state index in [0.717, 1.165) is 6.07 Å². The number of aromatic nitrogens is 2. The lowest BCUT2D eigenvalue weighted by Crippen LogP contribution is -2.14. The minimum Gasteiger partial charge on any atom is -0.334 e. The van der Waals surface area contributed by atoms with Crippen LogP contribution < -0.4 is 4.72 Å². The molecule has 0 spiro atoms. The highest BCUT2D eigenvalue weighted by Crippen LogP contribution is 2.26. The Morgan fingerprint density at radius 1 is 1.15 bits per heavy atom. The summed E-state index contributed by atoms with van der Waals surface area (Å²) in [6, 6.07) is 10.1. The highest BCUT2D eigenvalue weighted by molar-refractivity contribution is 7.92. The number of hydrogen-bond acceptors (Lipinski definition) is 5. The first kappa shape index (κ1) is 18.3. The predicted octanol–water partition coefficient (Wildman–Crippen LogP) is 4.45. The van der Waals surface area contributed by atoms with Crippen LogP contribution >= 0.6 is 11.6 Å². The fourth-order valence-electron chi connectivity index (χ4n) is 2.17. The zero-order valence-electron chi connectivity index (χ0n) is 13.9. The SMILES string of the molecule is CC(C)c1noc(-c2ccc(NS(=O)(=O)c3cccc(Cl)c3F)cc2)n1. The molecule has 9 heteroatoms. The van der Waals surface area contributed by atoms with Gasteiger partial charge in [-0.2, -0.15) is 4.98 Å². The fraction of sp³-hybridized carbons (Fsp3) is 0.176. The Morgan fingerprint density at radius 3 is 2.46 bits per heavy atom. The Kier molecular flexibility index (Phi) is 4.97. The van der Waals surface area contributed by atoms with Gasteiger partial charge in [0.1, 0.15) is 4.90 Å².